The van der Waals surface area contributed by atoms with Crippen LogP contribution in [0.25, 0.3) is 0 Å². The lowest BCUT2D eigenvalue weighted by atomic mass is 9.85. The van der Waals surface area contributed by atoms with Gasteiger partial charge in [-0.15, -0.1) is 0 Å². The number of carbonyl (C=O) groups excluding carboxylic acids is 1. The van der Waals surface area contributed by atoms with Crippen molar-refractivity contribution in [1.29, 1.82) is 0 Å². The Hall–Kier alpha value is -2.28. The highest BCUT2D eigenvalue weighted by molar-refractivity contribution is 5.75. The van der Waals surface area contributed by atoms with Crippen molar-refractivity contribution in [3.05, 3.63) is 29.8 Å². The number of benzene rings is 1. The second-order valence-electron chi connectivity index (χ2n) is 7.79. The Bertz CT molecular complexity index is 639. The summed E-state index contributed by atoms with van der Waals surface area (Å²) in [5.74, 6) is -0.00268. The first-order valence-electron chi connectivity index (χ1n) is 9.40. The summed E-state index contributed by atoms with van der Waals surface area (Å²) in [5.41, 5.74) is 0.734. The van der Waals surface area contributed by atoms with Crippen LogP contribution in [0.4, 0.5) is 4.79 Å². The molecule has 0 radical (unpaired) electrons. The third-order valence-electron chi connectivity index (χ3n) is 4.97. The van der Waals surface area contributed by atoms with E-state index in [1.54, 1.807) is 7.11 Å². The molecule has 1 aromatic rings. The van der Waals surface area contributed by atoms with Gasteiger partial charge in [0.2, 0.25) is 0 Å². The summed E-state index contributed by atoms with van der Waals surface area (Å²) >= 11 is 0. The highest BCUT2D eigenvalue weighted by atomic mass is 16.5. The predicted octanol–water partition coefficient (Wildman–Crippen LogP) is 2.25. The summed E-state index contributed by atoms with van der Waals surface area (Å²) in [6.45, 7) is 6.69. The van der Waals surface area contributed by atoms with E-state index in [0.717, 1.165) is 24.2 Å². The molecule has 27 heavy (non-hydrogen) atoms. The number of aliphatic carboxylic acids is 1. The van der Waals surface area contributed by atoms with Crippen molar-refractivity contribution in [3.63, 3.8) is 0 Å². The van der Waals surface area contributed by atoms with Crippen LogP contribution in [0.15, 0.2) is 24.3 Å². The van der Waals surface area contributed by atoms with Crippen LogP contribution in [0.5, 0.6) is 5.75 Å². The fraction of sp³-hybridized carbons (Fsp3) is 0.600. The van der Waals surface area contributed by atoms with Crippen molar-refractivity contribution in [2.24, 2.45) is 0 Å². The third-order valence-corrected chi connectivity index (χ3v) is 4.97. The summed E-state index contributed by atoms with van der Waals surface area (Å²) in [7, 11) is 1.64. The number of carboxylic acids is 1. The van der Waals surface area contributed by atoms with E-state index < -0.39 is 5.97 Å². The molecule has 1 aliphatic rings. The van der Waals surface area contributed by atoms with Gasteiger partial charge in [-0.25, -0.2) is 4.79 Å². The van der Waals surface area contributed by atoms with Crippen molar-refractivity contribution in [1.82, 2.24) is 15.5 Å². The maximum absolute atomic E-state index is 12.3. The normalized spacial score (nSPS) is 19.3. The Balaban J connectivity index is 1.77. The van der Waals surface area contributed by atoms with E-state index in [1.165, 1.54) is 0 Å². The molecule has 1 saturated carbocycles. The van der Waals surface area contributed by atoms with Crippen LogP contribution < -0.4 is 15.4 Å². The van der Waals surface area contributed by atoms with Gasteiger partial charge in [0.05, 0.1) is 13.7 Å². The minimum Gasteiger partial charge on any atom is -0.497 e. The summed E-state index contributed by atoms with van der Waals surface area (Å²) in [5, 5.41) is 15.0. The number of hydrogen-bond acceptors (Lipinski definition) is 4. The topological polar surface area (TPSA) is 90.9 Å². The lowest BCUT2D eigenvalue weighted by molar-refractivity contribution is -0.139. The smallest absolute Gasteiger partial charge is 0.317 e. The second-order valence-corrected chi connectivity index (χ2v) is 7.79. The Morgan fingerprint density at radius 1 is 1.26 bits per heavy atom. The average Bonchev–Trinajstić information content (AvgIpc) is 2.55. The molecule has 0 bridgehead atoms. The average molecular weight is 377 g/mol. The van der Waals surface area contributed by atoms with Crippen LogP contribution in [-0.2, 0) is 11.2 Å². The van der Waals surface area contributed by atoms with Crippen LogP contribution >= 0.6 is 0 Å². The van der Waals surface area contributed by atoms with Crippen LogP contribution in [-0.4, -0.2) is 59.8 Å². The fourth-order valence-corrected chi connectivity index (χ4v) is 3.50. The van der Waals surface area contributed by atoms with Gasteiger partial charge in [-0.05, 0) is 57.4 Å². The minimum atomic E-state index is -0.814. The van der Waals surface area contributed by atoms with Crippen molar-refractivity contribution >= 4 is 12.0 Å². The van der Waals surface area contributed by atoms with E-state index in [-0.39, 0.29) is 30.2 Å². The molecule has 150 valence electrons. The van der Waals surface area contributed by atoms with Crippen LogP contribution in [0.3, 0.4) is 0 Å². The number of hydrogen-bond donors (Lipinski definition) is 3. The monoisotopic (exact) mass is 377 g/mol. The SMILES string of the molecule is CCN(CC(=O)O)C1CC(NC(=O)NC(C)(C)Cc2ccc(OC)cc2)C1. The Morgan fingerprint density at radius 3 is 2.41 bits per heavy atom. The lowest BCUT2D eigenvalue weighted by Crippen LogP contribution is -2.58. The van der Waals surface area contributed by atoms with Crippen molar-refractivity contribution in [3.8, 4) is 5.75 Å². The van der Waals surface area contributed by atoms with Gasteiger partial charge in [0.1, 0.15) is 5.75 Å². The van der Waals surface area contributed by atoms with Crippen molar-refractivity contribution in [2.45, 2.75) is 57.7 Å². The van der Waals surface area contributed by atoms with Gasteiger partial charge in [-0.3, -0.25) is 9.69 Å². The van der Waals surface area contributed by atoms with Crippen molar-refractivity contribution < 1.29 is 19.4 Å². The molecule has 0 atom stereocenters. The molecule has 1 fully saturated rings. The van der Waals surface area contributed by atoms with E-state index in [9.17, 15) is 9.59 Å². The first-order valence-corrected chi connectivity index (χ1v) is 9.40. The maximum Gasteiger partial charge on any atom is 0.317 e. The molecule has 1 aromatic carbocycles. The molecule has 0 unspecified atom stereocenters. The molecule has 1 aliphatic carbocycles. The molecule has 0 aromatic heterocycles. The zero-order valence-electron chi connectivity index (χ0n) is 16.6. The molecular formula is C20H31N3O4. The molecule has 7 heteroatoms. The summed E-state index contributed by atoms with van der Waals surface area (Å²) in [6, 6.07) is 7.96. The summed E-state index contributed by atoms with van der Waals surface area (Å²) < 4.78 is 5.17. The number of urea groups is 1. The van der Waals surface area contributed by atoms with E-state index >= 15 is 0 Å². The number of ether oxygens (including phenoxy) is 1. The van der Waals surface area contributed by atoms with Crippen LogP contribution in [0, 0.1) is 0 Å². The summed E-state index contributed by atoms with van der Waals surface area (Å²) in [6.07, 6.45) is 2.28. The number of carbonyl (C=O) groups is 2. The predicted molar refractivity (Wildman–Crippen MR) is 104 cm³/mol. The molecule has 7 nitrogen and oxygen atoms in total. The Kier molecular flexibility index (Phi) is 7.07. The zero-order chi connectivity index (χ0) is 20.0. The zero-order valence-corrected chi connectivity index (χ0v) is 16.6. The number of rotatable bonds is 9. The molecule has 2 rings (SSSR count). The van der Waals surface area contributed by atoms with Gasteiger partial charge >= 0.3 is 12.0 Å². The number of likely N-dealkylation sites (N-methyl/N-ethyl adjacent to an activating group) is 1. The number of amides is 2. The Morgan fingerprint density at radius 2 is 1.89 bits per heavy atom. The van der Waals surface area contributed by atoms with Gasteiger partial charge in [0.15, 0.2) is 0 Å². The van der Waals surface area contributed by atoms with E-state index in [2.05, 4.69) is 10.6 Å². The number of carboxylic acid groups (broad SMARTS) is 1. The number of methoxy groups -OCH3 is 1. The van der Waals surface area contributed by atoms with Crippen LogP contribution in [0.2, 0.25) is 0 Å². The van der Waals surface area contributed by atoms with E-state index in [0.29, 0.717) is 13.0 Å². The van der Waals surface area contributed by atoms with Gasteiger partial charge in [-0.2, -0.15) is 0 Å². The quantitative estimate of drug-likeness (QED) is 0.614. The standard InChI is InChI=1S/C20H31N3O4/c1-5-23(13-18(24)25)16-10-15(11-16)21-19(26)22-20(2,3)12-14-6-8-17(27-4)9-7-14/h6-9,15-16H,5,10-13H2,1-4H3,(H,24,25)(H2,21,22,26). The summed E-state index contributed by atoms with van der Waals surface area (Å²) in [4.78, 5) is 25.1. The molecule has 0 aliphatic heterocycles. The molecule has 3 N–H and O–H groups in total. The van der Waals surface area contributed by atoms with Gasteiger partial charge in [-0.1, -0.05) is 19.1 Å². The van der Waals surface area contributed by atoms with Crippen LogP contribution in [0.1, 0.15) is 39.2 Å². The van der Waals surface area contributed by atoms with E-state index in [4.69, 9.17) is 9.84 Å². The molecular weight excluding hydrogens is 346 g/mol. The van der Waals surface area contributed by atoms with Gasteiger partial charge in [0.25, 0.3) is 0 Å². The highest BCUT2D eigenvalue weighted by Crippen LogP contribution is 2.25. The fourth-order valence-electron chi connectivity index (χ4n) is 3.50. The molecule has 0 spiro atoms. The number of nitrogens with one attached hydrogen (secondary N) is 2. The number of nitrogens with zero attached hydrogens (tertiary/aromatic N) is 1. The first kappa shape index (κ1) is 21.0. The van der Waals surface area contributed by atoms with Gasteiger partial charge in [0, 0.05) is 17.6 Å². The third kappa shape index (κ3) is 6.43. The first-order chi connectivity index (χ1) is 12.7. The Labute approximate surface area is 161 Å². The second kappa shape index (κ2) is 9.08. The minimum absolute atomic E-state index is 0.0506. The molecule has 0 saturated heterocycles. The highest BCUT2D eigenvalue weighted by Gasteiger charge is 2.35. The van der Waals surface area contributed by atoms with E-state index in [1.807, 2.05) is 49.9 Å². The van der Waals surface area contributed by atoms with Crippen molar-refractivity contribution in [2.75, 3.05) is 20.2 Å². The van der Waals surface area contributed by atoms with Gasteiger partial charge < -0.3 is 20.5 Å². The maximum atomic E-state index is 12.3. The lowest BCUT2D eigenvalue weighted by Gasteiger charge is -2.42. The molecule has 0 heterocycles. The largest absolute Gasteiger partial charge is 0.497 e. The molecule has 2 amide bonds.